The van der Waals surface area contributed by atoms with Crippen LogP contribution in [0.2, 0.25) is 0 Å². The molecule has 5 aromatic heterocycles. The van der Waals surface area contributed by atoms with Crippen LogP contribution < -0.4 is 4.90 Å². The van der Waals surface area contributed by atoms with E-state index in [0.717, 1.165) is 67.9 Å². The second-order valence-electron chi connectivity index (χ2n) is 13.8. The Kier molecular flexibility index (Phi) is 20.2. The van der Waals surface area contributed by atoms with Gasteiger partial charge in [0, 0.05) is 74.3 Å². The van der Waals surface area contributed by atoms with Crippen LogP contribution in [0.25, 0.3) is 45.3 Å². The first-order valence-corrected chi connectivity index (χ1v) is 20.5. The van der Waals surface area contributed by atoms with Crippen LogP contribution in [0.1, 0.15) is 5.56 Å². The van der Waals surface area contributed by atoms with Gasteiger partial charge in [0.15, 0.2) is 0 Å². The molecule has 0 saturated carbocycles. The number of pyridine rings is 5. The SMILES string of the molecule is Oc1ccccc1.[Au+].[C-]#Cc1ccc(N(c2ccccc2)c2ccccc2)cc1.[Pt].[c-]1c(-c2ccccn2)cccc1-c1ccccn1.c1ccc(-c2cccc(-c3ccccn3)n2)nc1. The summed E-state index contributed by atoms with van der Waals surface area (Å²) in [5, 5.41) is 8.63. The van der Waals surface area contributed by atoms with Crippen molar-refractivity contribution in [1.29, 1.82) is 0 Å². The van der Waals surface area contributed by atoms with Gasteiger partial charge < -0.3 is 16.4 Å². The Morgan fingerprint density at radius 2 is 0.727 bits per heavy atom. The zero-order valence-corrected chi connectivity index (χ0v) is 39.9. The second kappa shape index (κ2) is 26.9. The van der Waals surface area contributed by atoms with Crippen molar-refractivity contribution < 1.29 is 48.6 Å². The summed E-state index contributed by atoms with van der Waals surface area (Å²) in [4.78, 5) is 24.0. The summed E-state index contributed by atoms with van der Waals surface area (Å²) in [5.74, 6) is 2.73. The van der Waals surface area contributed by atoms with Crippen LogP contribution in [0.5, 0.6) is 5.75 Å². The van der Waals surface area contributed by atoms with Gasteiger partial charge in [-0.2, -0.15) is 0 Å². The molecule has 0 aliphatic rings. The zero-order valence-electron chi connectivity index (χ0n) is 35.4. The average molecular weight is 1220 g/mol. The van der Waals surface area contributed by atoms with E-state index in [1.807, 2.05) is 176 Å². The van der Waals surface area contributed by atoms with Gasteiger partial charge in [-0.1, -0.05) is 120 Å². The van der Waals surface area contributed by atoms with Gasteiger partial charge in [-0.25, -0.2) is 4.98 Å². The molecule has 5 aromatic carbocycles. The number of aromatic hydroxyl groups is 1. The molecule has 66 heavy (non-hydrogen) atoms. The van der Waals surface area contributed by atoms with E-state index in [1.165, 1.54) is 0 Å². The number of hydrogen-bond donors (Lipinski definition) is 1. The van der Waals surface area contributed by atoms with E-state index < -0.39 is 0 Å². The van der Waals surface area contributed by atoms with Crippen LogP contribution in [0.15, 0.2) is 249 Å². The molecule has 10 aromatic rings. The fourth-order valence-electron chi connectivity index (χ4n) is 6.28. The van der Waals surface area contributed by atoms with Gasteiger partial charge in [0.1, 0.15) is 5.75 Å². The molecule has 0 radical (unpaired) electrons. The second-order valence-corrected chi connectivity index (χ2v) is 13.8. The van der Waals surface area contributed by atoms with E-state index >= 15 is 0 Å². The number of rotatable bonds is 7. The van der Waals surface area contributed by atoms with Gasteiger partial charge >= 0.3 is 22.4 Å². The van der Waals surface area contributed by atoms with Crippen LogP contribution in [-0.2, 0) is 43.4 Å². The largest absolute Gasteiger partial charge is 1.00 e. The molecule has 0 atom stereocenters. The molecule has 0 saturated heterocycles. The quantitative estimate of drug-likeness (QED) is 0.0966. The molecule has 328 valence electrons. The van der Waals surface area contributed by atoms with Gasteiger partial charge in [0.2, 0.25) is 0 Å². The third kappa shape index (κ3) is 14.8. The first-order chi connectivity index (χ1) is 31.6. The van der Waals surface area contributed by atoms with Gasteiger partial charge in [-0.15, -0.1) is 42.0 Å². The minimum Gasteiger partial charge on any atom is -0.508 e. The monoisotopic (exact) mass is 1220 g/mol. The number of aromatic nitrogens is 5. The molecule has 7 nitrogen and oxygen atoms in total. The number of nitrogens with zero attached hydrogens (tertiary/aromatic N) is 6. The number of benzene rings is 5. The van der Waals surface area contributed by atoms with Crippen LogP contribution in [0.3, 0.4) is 0 Å². The fourth-order valence-corrected chi connectivity index (χ4v) is 6.28. The summed E-state index contributed by atoms with van der Waals surface area (Å²) in [6, 6.07) is 75.6. The smallest absolute Gasteiger partial charge is 0.508 e. The zero-order chi connectivity index (χ0) is 44.0. The van der Waals surface area contributed by atoms with Crippen molar-refractivity contribution in [1.82, 2.24) is 24.9 Å². The number of phenols is 1. The van der Waals surface area contributed by atoms with Crippen molar-refractivity contribution in [3.63, 3.8) is 0 Å². The topological polar surface area (TPSA) is 87.9 Å². The van der Waals surface area contributed by atoms with Crippen LogP contribution in [0.4, 0.5) is 17.1 Å². The Morgan fingerprint density at radius 1 is 0.379 bits per heavy atom. The van der Waals surface area contributed by atoms with Gasteiger partial charge in [0.05, 0.1) is 22.8 Å². The van der Waals surface area contributed by atoms with Crippen LogP contribution in [-0.4, -0.2) is 30.0 Å². The van der Waals surface area contributed by atoms with E-state index in [-0.39, 0.29) is 43.4 Å². The van der Waals surface area contributed by atoms with Crippen molar-refractivity contribution in [3.8, 4) is 57.0 Å². The maximum absolute atomic E-state index is 8.63. The molecular weight excluding hydrogens is 1180 g/mol. The molecule has 0 bridgehead atoms. The number of phenolic OH excluding ortho intramolecular Hbond substituents is 1. The summed E-state index contributed by atoms with van der Waals surface area (Å²) in [5.41, 5.74) is 11.3. The summed E-state index contributed by atoms with van der Waals surface area (Å²) >= 11 is 0. The molecular formula is C57H42AuN6OPt-. The molecule has 0 amide bonds. The van der Waals surface area contributed by atoms with E-state index in [0.29, 0.717) is 5.75 Å². The van der Waals surface area contributed by atoms with Gasteiger partial charge in [0.25, 0.3) is 0 Å². The maximum atomic E-state index is 8.63. The van der Waals surface area contributed by atoms with Crippen molar-refractivity contribution >= 4 is 17.1 Å². The molecule has 1 N–H and O–H groups in total. The van der Waals surface area contributed by atoms with E-state index in [1.54, 1.807) is 49.1 Å². The fraction of sp³-hybridized carbons (Fsp3) is 0. The summed E-state index contributed by atoms with van der Waals surface area (Å²) in [6.45, 7) is 0. The molecule has 0 spiro atoms. The van der Waals surface area contributed by atoms with E-state index in [2.05, 4.69) is 66.1 Å². The standard InChI is InChI=1S/C20H14N.C16H11N2.C15H11N3.C6H6O.Au.Pt/c1-2-17-13-15-20(16-14-17)21(18-9-5-3-6-10-18)19-11-7-4-8-12-19;1-3-10-17-15(8-1)13-6-5-7-14(12-13)16-9-2-4-11-18-16;1-3-10-16-12(6-1)14-8-5-9-15(18-14)13-7-2-4-11-17-13;7-6-4-2-1-3-5-6;;/h3-16H;2*1-11H;1-5,7H;;/q2*-1;;;+1;. The Labute approximate surface area is 416 Å². The predicted octanol–water partition coefficient (Wildman–Crippen LogP) is 13.3. The summed E-state index contributed by atoms with van der Waals surface area (Å²) in [7, 11) is 0. The predicted molar refractivity (Wildman–Crippen MR) is 258 cm³/mol. The number of para-hydroxylation sites is 3. The molecule has 0 aliphatic carbocycles. The van der Waals surface area contributed by atoms with E-state index in [9.17, 15) is 0 Å². The van der Waals surface area contributed by atoms with Crippen molar-refractivity contribution in [2.45, 2.75) is 0 Å². The van der Waals surface area contributed by atoms with E-state index in [4.69, 9.17) is 11.5 Å². The molecule has 0 fully saturated rings. The first kappa shape index (κ1) is 49.5. The molecule has 0 aliphatic heterocycles. The van der Waals surface area contributed by atoms with Gasteiger partial charge in [-0.05, 0) is 84.9 Å². The molecule has 9 heteroatoms. The third-order valence-electron chi connectivity index (χ3n) is 9.34. The van der Waals surface area contributed by atoms with Crippen LogP contribution in [0, 0.1) is 18.4 Å². The third-order valence-corrected chi connectivity index (χ3v) is 9.34. The summed E-state index contributed by atoms with van der Waals surface area (Å²) < 4.78 is 0. The van der Waals surface area contributed by atoms with Crippen LogP contribution >= 0.6 is 0 Å². The van der Waals surface area contributed by atoms with Crippen molar-refractivity contribution in [2.75, 3.05) is 4.90 Å². The minimum absolute atomic E-state index is 0. The number of anilines is 3. The van der Waals surface area contributed by atoms with Gasteiger partial charge in [-0.3, -0.25) is 25.9 Å². The Balaban J connectivity index is 0.000000171. The Hall–Kier alpha value is -7.56. The molecule has 5 heterocycles. The Bertz CT molecular complexity index is 2670. The first-order valence-electron chi connectivity index (χ1n) is 20.5. The summed E-state index contributed by atoms with van der Waals surface area (Å²) in [6.07, 6.45) is 14.3. The average Bonchev–Trinajstić information content (AvgIpc) is 3.39. The number of hydrogen-bond acceptors (Lipinski definition) is 7. The molecule has 0 unspecified atom stereocenters. The normalized spacial score (nSPS) is 9.62. The van der Waals surface area contributed by atoms with Crippen molar-refractivity contribution in [2.24, 2.45) is 0 Å². The minimum atomic E-state index is 0. The molecule has 10 rings (SSSR count). The Morgan fingerprint density at radius 3 is 1.09 bits per heavy atom. The van der Waals surface area contributed by atoms with Crippen molar-refractivity contribution in [3.05, 3.63) is 267 Å². The maximum Gasteiger partial charge on any atom is 1.00 e.